The van der Waals surface area contributed by atoms with Crippen LogP contribution in [0.4, 0.5) is 0 Å². The van der Waals surface area contributed by atoms with Gasteiger partial charge in [0.2, 0.25) is 5.89 Å². The fourth-order valence-electron chi connectivity index (χ4n) is 2.55. The monoisotopic (exact) mass is 306 g/mol. The lowest BCUT2D eigenvalue weighted by atomic mass is 10.2. The second kappa shape index (κ2) is 7.46. The molecule has 1 saturated heterocycles. The van der Waals surface area contributed by atoms with Gasteiger partial charge in [-0.1, -0.05) is 18.5 Å². The minimum Gasteiger partial charge on any atom is -0.374 e. The molecule has 0 aliphatic carbocycles. The minimum absolute atomic E-state index is 0.113. The van der Waals surface area contributed by atoms with Gasteiger partial charge in [0.05, 0.1) is 25.8 Å². The first-order valence-electron chi connectivity index (χ1n) is 7.81. The summed E-state index contributed by atoms with van der Waals surface area (Å²) < 4.78 is 12.9. The molecule has 0 radical (unpaired) electrons. The number of aryl methyl sites for hydroxylation is 1. The topological polar surface area (TPSA) is 82.1 Å². The summed E-state index contributed by atoms with van der Waals surface area (Å²) in [6.07, 6.45) is 6.44. The lowest BCUT2D eigenvalue weighted by Crippen LogP contribution is -2.43. The van der Waals surface area contributed by atoms with Gasteiger partial charge in [-0.2, -0.15) is 10.1 Å². The zero-order valence-corrected chi connectivity index (χ0v) is 12.9. The van der Waals surface area contributed by atoms with Gasteiger partial charge in [0, 0.05) is 19.5 Å². The zero-order chi connectivity index (χ0) is 15.2. The third-order valence-electron chi connectivity index (χ3n) is 3.70. The van der Waals surface area contributed by atoms with Crippen LogP contribution in [0, 0.1) is 0 Å². The van der Waals surface area contributed by atoms with Crippen LogP contribution < -0.4 is 0 Å². The first-order chi connectivity index (χ1) is 10.8. The molecule has 0 spiro atoms. The van der Waals surface area contributed by atoms with Crippen molar-refractivity contribution in [2.24, 2.45) is 0 Å². The lowest BCUT2D eigenvalue weighted by Gasteiger charge is -2.31. The van der Waals surface area contributed by atoms with E-state index >= 15 is 0 Å². The molecule has 0 unspecified atom stereocenters. The summed E-state index contributed by atoms with van der Waals surface area (Å²) in [6, 6.07) is 0. The number of aromatic nitrogens is 5. The molecule has 0 aromatic carbocycles. The fraction of sp³-hybridized carbons (Fsp3) is 0.714. The molecule has 2 aromatic rings. The summed E-state index contributed by atoms with van der Waals surface area (Å²) in [6.45, 7) is 5.99. The van der Waals surface area contributed by atoms with E-state index in [9.17, 15) is 0 Å². The Morgan fingerprint density at radius 2 is 2.36 bits per heavy atom. The van der Waals surface area contributed by atoms with Gasteiger partial charge in [-0.25, -0.2) is 4.98 Å². The van der Waals surface area contributed by atoms with E-state index in [1.165, 1.54) is 6.33 Å². The summed E-state index contributed by atoms with van der Waals surface area (Å²) in [7, 11) is 0. The van der Waals surface area contributed by atoms with Crippen molar-refractivity contribution in [1.82, 2.24) is 29.8 Å². The molecule has 0 saturated carbocycles. The van der Waals surface area contributed by atoms with Crippen LogP contribution in [0.3, 0.4) is 0 Å². The number of hydrogen-bond acceptors (Lipinski definition) is 7. The normalized spacial score (nSPS) is 19.6. The molecule has 0 N–H and O–H groups in total. The number of nitrogens with zero attached hydrogens (tertiary/aromatic N) is 6. The number of ether oxygens (including phenoxy) is 1. The third-order valence-corrected chi connectivity index (χ3v) is 3.70. The highest BCUT2D eigenvalue weighted by Crippen LogP contribution is 2.11. The SMILES string of the molecule is CCCCc1nc(CN2CCO[C@@H](Cn3cncn3)C2)no1. The van der Waals surface area contributed by atoms with E-state index in [0.29, 0.717) is 19.7 Å². The van der Waals surface area contributed by atoms with Crippen LogP contribution >= 0.6 is 0 Å². The van der Waals surface area contributed by atoms with Crippen LogP contribution in [0.25, 0.3) is 0 Å². The van der Waals surface area contributed by atoms with Crippen LogP contribution in [-0.2, 0) is 24.2 Å². The van der Waals surface area contributed by atoms with Crippen LogP contribution in [0.15, 0.2) is 17.2 Å². The first-order valence-corrected chi connectivity index (χ1v) is 7.81. The van der Waals surface area contributed by atoms with E-state index in [1.54, 1.807) is 11.0 Å². The Morgan fingerprint density at radius 1 is 1.41 bits per heavy atom. The molecule has 22 heavy (non-hydrogen) atoms. The molecule has 1 aliphatic heterocycles. The molecule has 1 fully saturated rings. The Balaban J connectivity index is 1.50. The van der Waals surface area contributed by atoms with Crippen LogP contribution in [0.5, 0.6) is 0 Å². The quantitative estimate of drug-likeness (QED) is 0.751. The molecule has 8 nitrogen and oxygen atoms in total. The fourth-order valence-corrected chi connectivity index (χ4v) is 2.55. The van der Waals surface area contributed by atoms with E-state index in [-0.39, 0.29) is 6.10 Å². The summed E-state index contributed by atoms with van der Waals surface area (Å²) in [5.74, 6) is 1.50. The molecule has 1 aliphatic rings. The molecule has 3 heterocycles. The van der Waals surface area contributed by atoms with E-state index < -0.39 is 0 Å². The Kier molecular flexibility index (Phi) is 5.12. The highest BCUT2D eigenvalue weighted by atomic mass is 16.5. The van der Waals surface area contributed by atoms with Gasteiger partial charge in [-0.15, -0.1) is 0 Å². The average molecular weight is 306 g/mol. The summed E-state index contributed by atoms with van der Waals surface area (Å²) >= 11 is 0. The van der Waals surface area contributed by atoms with E-state index in [4.69, 9.17) is 9.26 Å². The molecule has 120 valence electrons. The van der Waals surface area contributed by atoms with Crippen molar-refractivity contribution in [1.29, 1.82) is 0 Å². The van der Waals surface area contributed by atoms with Gasteiger partial charge in [0.25, 0.3) is 0 Å². The van der Waals surface area contributed by atoms with E-state index in [1.807, 2.05) is 0 Å². The van der Waals surface area contributed by atoms with Gasteiger partial charge >= 0.3 is 0 Å². The van der Waals surface area contributed by atoms with Gasteiger partial charge in [-0.3, -0.25) is 9.58 Å². The number of hydrogen-bond donors (Lipinski definition) is 0. The van der Waals surface area contributed by atoms with Crippen molar-refractivity contribution in [3.63, 3.8) is 0 Å². The standard InChI is InChI=1S/C14H22N6O2/c1-2-3-4-14-17-13(18-22-14)9-19-5-6-21-12(7-19)8-20-11-15-10-16-20/h10-12H,2-9H2,1H3/t12-/m1/s1. The van der Waals surface area contributed by atoms with Gasteiger partial charge in [-0.05, 0) is 6.42 Å². The molecule has 2 aromatic heterocycles. The maximum absolute atomic E-state index is 5.78. The molecule has 8 heteroatoms. The Morgan fingerprint density at radius 3 is 3.18 bits per heavy atom. The maximum Gasteiger partial charge on any atom is 0.226 e. The highest BCUT2D eigenvalue weighted by Gasteiger charge is 2.22. The van der Waals surface area contributed by atoms with Gasteiger partial charge in [0.1, 0.15) is 12.7 Å². The van der Waals surface area contributed by atoms with Crippen LogP contribution in [0.2, 0.25) is 0 Å². The lowest BCUT2D eigenvalue weighted by molar-refractivity contribution is -0.0411. The van der Waals surface area contributed by atoms with Gasteiger partial charge < -0.3 is 9.26 Å². The van der Waals surface area contributed by atoms with Crippen molar-refractivity contribution >= 4 is 0 Å². The largest absolute Gasteiger partial charge is 0.374 e. The predicted molar refractivity (Wildman–Crippen MR) is 77.9 cm³/mol. The highest BCUT2D eigenvalue weighted by molar-refractivity contribution is 4.87. The van der Waals surface area contributed by atoms with Crippen LogP contribution in [0.1, 0.15) is 31.5 Å². The molecule has 0 amide bonds. The number of unbranched alkanes of at least 4 members (excludes halogenated alkanes) is 1. The van der Waals surface area contributed by atoms with E-state index in [2.05, 4.69) is 32.0 Å². The Bertz CT molecular complexity index is 555. The molecule has 0 bridgehead atoms. The Hall–Kier alpha value is -1.80. The second-order valence-electron chi connectivity index (χ2n) is 5.55. The van der Waals surface area contributed by atoms with E-state index in [0.717, 1.165) is 44.1 Å². The van der Waals surface area contributed by atoms with Crippen molar-refractivity contribution in [2.45, 2.75) is 45.4 Å². The third kappa shape index (κ3) is 4.11. The molecule has 3 rings (SSSR count). The molecule has 1 atom stereocenters. The molecular formula is C14H22N6O2. The predicted octanol–water partition coefficient (Wildman–Crippen LogP) is 0.905. The summed E-state index contributed by atoms with van der Waals surface area (Å²) in [4.78, 5) is 10.7. The van der Waals surface area contributed by atoms with Crippen molar-refractivity contribution in [3.05, 3.63) is 24.4 Å². The van der Waals surface area contributed by atoms with Crippen LogP contribution in [-0.4, -0.2) is 55.6 Å². The summed E-state index contributed by atoms with van der Waals surface area (Å²) in [5, 5.41) is 8.19. The number of rotatable bonds is 7. The minimum atomic E-state index is 0.113. The van der Waals surface area contributed by atoms with Crippen molar-refractivity contribution < 1.29 is 9.26 Å². The molecular weight excluding hydrogens is 284 g/mol. The van der Waals surface area contributed by atoms with Crippen molar-refractivity contribution in [3.8, 4) is 0 Å². The summed E-state index contributed by atoms with van der Waals surface area (Å²) in [5.41, 5.74) is 0. The maximum atomic E-state index is 5.78. The Labute approximate surface area is 129 Å². The zero-order valence-electron chi connectivity index (χ0n) is 12.9. The number of morpholine rings is 1. The van der Waals surface area contributed by atoms with Gasteiger partial charge in [0.15, 0.2) is 5.82 Å². The first kappa shape index (κ1) is 15.1. The second-order valence-corrected chi connectivity index (χ2v) is 5.55. The van der Waals surface area contributed by atoms with Crippen molar-refractivity contribution in [2.75, 3.05) is 19.7 Å². The average Bonchev–Trinajstić information content (AvgIpc) is 3.17. The smallest absolute Gasteiger partial charge is 0.226 e.